The van der Waals surface area contributed by atoms with Crippen LogP contribution in [-0.2, 0) is 14.3 Å². The molecule has 0 heterocycles. The lowest BCUT2D eigenvalue weighted by Gasteiger charge is -2.02. The highest BCUT2D eigenvalue weighted by molar-refractivity contribution is 14.1. The number of hydrogen-bond acceptors (Lipinski definition) is 4. The van der Waals surface area contributed by atoms with Crippen molar-refractivity contribution in [1.29, 1.82) is 0 Å². The van der Waals surface area contributed by atoms with E-state index in [0.29, 0.717) is 19.8 Å². The van der Waals surface area contributed by atoms with Crippen LogP contribution in [-0.4, -0.2) is 38.9 Å². The highest BCUT2D eigenvalue weighted by Crippen LogP contribution is 1.78. The van der Waals surface area contributed by atoms with Crippen molar-refractivity contribution >= 4 is 28.8 Å². The molecule has 12 heavy (non-hydrogen) atoms. The van der Waals surface area contributed by atoms with Crippen LogP contribution >= 0.6 is 22.9 Å². The van der Waals surface area contributed by atoms with E-state index in [-0.39, 0.29) is 6.61 Å². The predicted octanol–water partition coefficient (Wildman–Crippen LogP) is -0.556. The highest BCUT2D eigenvalue weighted by Gasteiger charge is 1.93. The molecule has 1 amide bonds. The number of primary amides is 1. The first kappa shape index (κ1) is 12.1. The van der Waals surface area contributed by atoms with E-state index in [1.54, 1.807) is 0 Å². The molecule has 0 aromatic carbocycles. The summed E-state index contributed by atoms with van der Waals surface area (Å²) in [6.07, 6.45) is 0. The van der Waals surface area contributed by atoms with Gasteiger partial charge in [0.05, 0.1) is 19.8 Å². The Morgan fingerprint density at radius 3 is 2.58 bits per heavy atom. The number of rotatable bonds is 8. The van der Waals surface area contributed by atoms with Crippen molar-refractivity contribution in [3.8, 4) is 0 Å². The van der Waals surface area contributed by atoms with Crippen LogP contribution in [0.5, 0.6) is 0 Å². The van der Waals surface area contributed by atoms with Gasteiger partial charge in [0.2, 0.25) is 5.91 Å². The molecule has 0 unspecified atom stereocenters. The van der Waals surface area contributed by atoms with Gasteiger partial charge in [-0.1, -0.05) is 0 Å². The second-order valence-electron chi connectivity index (χ2n) is 2.01. The molecule has 0 aliphatic rings. The Morgan fingerprint density at radius 2 is 2.00 bits per heavy atom. The lowest BCUT2D eigenvalue weighted by Crippen LogP contribution is -2.20. The summed E-state index contributed by atoms with van der Waals surface area (Å²) in [5.41, 5.74) is 4.84. The van der Waals surface area contributed by atoms with E-state index in [9.17, 15) is 4.79 Å². The maximum Gasteiger partial charge on any atom is 0.243 e. The Hall–Kier alpha value is 0.0800. The van der Waals surface area contributed by atoms with Gasteiger partial charge in [0, 0.05) is 29.4 Å². The van der Waals surface area contributed by atoms with E-state index in [2.05, 4.69) is 3.53 Å². The third kappa shape index (κ3) is 10.1. The molecule has 3 N–H and O–H groups in total. The molecule has 0 saturated heterocycles. The van der Waals surface area contributed by atoms with Crippen LogP contribution in [0.1, 0.15) is 0 Å². The molecule has 0 radical (unpaired) electrons. The summed E-state index contributed by atoms with van der Waals surface area (Å²) in [5.74, 6) is -0.455. The summed E-state index contributed by atoms with van der Waals surface area (Å²) in [7, 11) is 0. The SMILES string of the molecule is NC(=O)COCCOCCNI. The van der Waals surface area contributed by atoms with E-state index in [4.69, 9.17) is 15.2 Å². The van der Waals surface area contributed by atoms with Gasteiger partial charge < -0.3 is 15.2 Å². The summed E-state index contributed by atoms with van der Waals surface area (Å²) in [6.45, 7) is 2.31. The molecule has 0 saturated carbocycles. The van der Waals surface area contributed by atoms with Gasteiger partial charge in [-0.2, -0.15) is 0 Å². The Labute approximate surface area is 85.5 Å². The maximum atomic E-state index is 10.2. The van der Waals surface area contributed by atoms with Crippen molar-refractivity contribution in [2.24, 2.45) is 5.73 Å². The van der Waals surface area contributed by atoms with Crippen molar-refractivity contribution in [3.63, 3.8) is 0 Å². The number of halogens is 1. The van der Waals surface area contributed by atoms with Crippen LogP contribution in [0.25, 0.3) is 0 Å². The van der Waals surface area contributed by atoms with Crippen molar-refractivity contribution in [3.05, 3.63) is 0 Å². The molecular weight excluding hydrogens is 275 g/mol. The Balaban J connectivity index is 2.86. The topological polar surface area (TPSA) is 73.6 Å². The Morgan fingerprint density at radius 1 is 1.33 bits per heavy atom. The van der Waals surface area contributed by atoms with Gasteiger partial charge in [0.1, 0.15) is 6.61 Å². The normalized spacial score (nSPS) is 10.1. The molecular formula is C6H13IN2O3. The van der Waals surface area contributed by atoms with E-state index >= 15 is 0 Å². The molecule has 0 spiro atoms. The minimum atomic E-state index is -0.455. The van der Waals surface area contributed by atoms with Crippen LogP contribution in [0.2, 0.25) is 0 Å². The molecule has 0 aromatic heterocycles. The lowest BCUT2D eigenvalue weighted by atomic mass is 10.6. The van der Waals surface area contributed by atoms with Crippen molar-refractivity contribution < 1.29 is 14.3 Å². The fraction of sp³-hybridized carbons (Fsp3) is 0.833. The molecule has 0 aliphatic heterocycles. The molecule has 0 rings (SSSR count). The molecule has 0 fully saturated rings. The van der Waals surface area contributed by atoms with Gasteiger partial charge in [-0.25, -0.2) is 0 Å². The summed E-state index contributed by atoms with van der Waals surface area (Å²) >= 11 is 2.04. The summed E-state index contributed by atoms with van der Waals surface area (Å²) in [4.78, 5) is 10.2. The summed E-state index contributed by atoms with van der Waals surface area (Å²) in [5, 5.41) is 0. The second-order valence-corrected chi connectivity index (χ2v) is 2.78. The zero-order valence-electron chi connectivity index (χ0n) is 6.72. The van der Waals surface area contributed by atoms with E-state index in [0.717, 1.165) is 6.54 Å². The number of nitrogens with two attached hydrogens (primary N) is 1. The molecule has 0 bridgehead atoms. The number of nitrogens with one attached hydrogen (secondary N) is 1. The summed E-state index contributed by atoms with van der Waals surface area (Å²) < 4.78 is 12.9. The third-order valence-electron chi connectivity index (χ3n) is 0.957. The Kier molecular flexibility index (Phi) is 9.23. The molecule has 0 atom stereocenters. The molecule has 5 nitrogen and oxygen atoms in total. The first-order chi connectivity index (χ1) is 5.77. The van der Waals surface area contributed by atoms with Gasteiger partial charge in [-0.3, -0.25) is 8.32 Å². The first-order valence-corrected chi connectivity index (χ1v) is 4.62. The van der Waals surface area contributed by atoms with Crippen LogP contribution in [0.15, 0.2) is 0 Å². The third-order valence-corrected chi connectivity index (χ3v) is 1.50. The zero-order valence-corrected chi connectivity index (χ0v) is 8.87. The van der Waals surface area contributed by atoms with Crippen molar-refractivity contribution in [2.75, 3.05) is 33.0 Å². The van der Waals surface area contributed by atoms with Gasteiger partial charge in [0.15, 0.2) is 0 Å². The van der Waals surface area contributed by atoms with Crippen molar-refractivity contribution in [1.82, 2.24) is 3.53 Å². The molecule has 0 aromatic rings. The van der Waals surface area contributed by atoms with Crippen LogP contribution in [0.4, 0.5) is 0 Å². The summed E-state index contributed by atoms with van der Waals surface area (Å²) in [6, 6.07) is 0. The molecule has 0 aliphatic carbocycles. The zero-order chi connectivity index (χ0) is 9.23. The number of ether oxygens (including phenoxy) is 2. The number of carbonyl (C=O) groups is 1. The lowest BCUT2D eigenvalue weighted by molar-refractivity contribution is -0.123. The van der Waals surface area contributed by atoms with Gasteiger partial charge >= 0.3 is 0 Å². The minimum absolute atomic E-state index is 0.0338. The molecule has 72 valence electrons. The maximum absolute atomic E-state index is 10.2. The van der Waals surface area contributed by atoms with Crippen LogP contribution in [0.3, 0.4) is 0 Å². The quantitative estimate of drug-likeness (QED) is 0.357. The monoisotopic (exact) mass is 288 g/mol. The second kappa shape index (κ2) is 9.17. The first-order valence-electron chi connectivity index (χ1n) is 3.54. The van der Waals surface area contributed by atoms with Gasteiger partial charge in [-0.15, -0.1) is 0 Å². The van der Waals surface area contributed by atoms with E-state index in [1.165, 1.54) is 0 Å². The molecule has 6 heteroatoms. The largest absolute Gasteiger partial charge is 0.378 e. The van der Waals surface area contributed by atoms with Crippen molar-refractivity contribution in [2.45, 2.75) is 0 Å². The number of carbonyl (C=O) groups excluding carboxylic acids is 1. The van der Waals surface area contributed by atoms with Crippen LogP contribution < -0.4 is 9.26 Å². The van der Waals surface area contributed by atoms with E-state index in [1.807, 2.05) is 22.9 Å². The van der Waals surface area contributed by atoms with Crippen LogP contribution in [0, 0.1) is 0 Å². The minimum Gasteiger partial charge on any atom is -0.378 e. The number of amides is 1. The van der Waals surface area contributed by atoms with E-state index < -0.39 is 5.91 Å². The Bertz CT molecular complexity index is 123. The fourth-order valence-corrected chi connectivity index (χ4v) is 0.724. The average molecular weight is 288 g/mol. The number of hydrogen-bond donors (Lipinski definition) is 2. The average Bonchev–Trinajstić information content (AvgIpc) is 2.02. The highest BCUT2D eigenvalue weighted by atomic mass is 127. The predicted molar refractivity (Wildman–Crippen MR) is 52.9 cm³/mol. The van der Waals surface area contributed by atoms with Gasteiger partial charge in [0.25, 0.3) is 0 Å². The fourth-order valence-electron chi connectivity index (χ4n) is 0.503. The smallest absolute Gasteiger partial charge is 0.243 e. The van der Waals surface area contributed by atoms with Gasteiger partial charge in [-0.05, 0) is 0 Å². The standard InChI is InChI=1S/C6H13IN2O3/c7-9-1-2-11-3-4-12-5-6(8)10/h9H,1-5H2,(H2,8,10).